The lowest BCUT2D eigenvalue weighted by Crippen LogP contribution is -2.38. The zero-order valence-corrected chi connectivity index (χ0v) is 18.3. The highest BCUT2D eigenvalue weighted by Crippen LogP contribution is 2.33. The van der Waals surface area contributed by atoms with E-state index in [4.69, 9.17) is 11.6 Å². The fourth-order valence-electron chi connectivity index (χ4n) is 4.82. The van der Waals surface area contributed by atoms with E-state index in [-0.39, 0.29) is 5.91 Å². The zero-order valence-electron chi connectivity index (χ0n) is 17.5. The number of rotatable bonds is 5. The van der Waals surface area contributed by atoms with Crippen LogP contribution in [0.4, 0.5) is 0 Å². The fraction of sp³-hybridized carbons (Fsp3) is 0.360. The molecule has 0 spiro atoms. The SMILES string of the molecule is O=C(NCC1CCN(Cc2cccc(Cl)c2)CC1)c1[nH]nc2c1CCc1ccccc1-2. The Kier molecular flexibility index (Phi) is 5.79. The number of nitrogens with one attached hydrogen (secondary N) is 2. The van der Waals surface area contributed by atoms with Crippen molar-refractivity contribution in [3.8, 4) is 11.3 Å². The average Bonchev–Trinajstić information content (AvgIpc) is 3.23. The second-order valence-corrected chi connectivity index (χ2v) is 9.08. The van der Waals surface area contributed by atoms with E-state index in [1.807, 2.05) is 24.3 Å². The van der Waals surface area contributed by atoms with Gasteiger partial charge in [-0.1, -0.05) is 48.0 Å². The van der Waals surface area contributed by atoms with Crippen LogP contribution in [0.5, 0.6) is 0 Å². The fourth-order valence-corrected chi connectivity index (χ4v) is 5.03. The highest BCUT2D eigenvalue weighted by Gasteiger charge is 2.26. The molecule has 2 aliphatic rings. The zero-order chi connectivity index (χ0) is 21.2. The number of fused-ring (bicyclic) bond motifs is 3. The number of hydrogen-bond acceptors (Lipinski definition) is 3. The van der Waals surface area contributed by atoms with Crippen molar-refractivity contribution in [2.75, 3.05) is 19.6 Å². The largest absolute Gasteiger partial charge is 0.350 e. The maximum Gasteiger partial charge on any atom is 0.269 e. The molecule has 0 bridgehead atoms. The first-order valence-electron chi connectivity index (χ1n) is 11.1. The molecule has 1 amide bonds. The summed E-state index contributed by atoms with van der Waals surface area (Å²) in [6.45, 7) is 3.74. The number of hydrogen-bond donors (Lipinski definition) is 2. The van der Waals surface area contributed by atoms with Gasteiger partial charge in [0.25, 0.3) is 5.91 Å². The molecule has 6 heteroatoms. The summed E-state index contributed by atoms with van der Waals surface area (Å²) in [7, 11) is 0. The quantitative estimate of drug-likeness (QED) is 0.622. The van der Waals surface area contributed by atoms with Crippen molar-refractivity contribution < 1.29 is 4.79 Å². The molecule has 160 valence electrons. The van der Waals surface area contributed by atoms with Gasteiger partial charge in [0, 0.05) is 29.2 Å². The highest BCUT2D eigenvalue weighted by atomic mass is 35.5. The highest BCUT2D eigenvalue weighted by molar-refractivity contribution is 6.30. The molecule has 1 fully saturated rings. The average molecular weight is 435 g/mol. The minimum absolute atomic E-state index is 0.0329. The van der Waals surface area contributed by atoms with Gasteiger partial charge in [-0.2, -0.15) is 5.10 Å². The molecule has 5 rings (SSSR count). The molecule has 5 nitrogen and oxygen atoms in total. The van der Waals surface area contributed by atoms with Crippen molar-refractivity contribution in [2.24, 2.45) is 5.92 Å². The minimum Gasteiger partial charge on any atom is -0.350 e. The van der Waals surface area contributed by atoms with Crippen LogP contribution in [0.2, 0.25) is 5.02 Å². The van der Waals surface area contributed by atoms with Crippen molar-refractivity contribution in [1.29, 1.82) is 0 Å². The molecule has 1 aliphatic carbocycles. The molecule has 1 aromatic heterocycles. The van der Waals surface area contributed by atoms with Crippen LogP contribution >= 0.6 is 11.6 Å². The first-order chi connectivity index (χ1) is 15.2. The van der Waals surface area contributed by atoms with Gasteiger partial charge in [-0.25, -0.2) is 0 Å². The third-order valence-corrected chi connectivity index (χ3v) is 6.80. The number of H-pyrrole nitrogens is 1. The Morgan fingerprint density at radius 2 is 1.97 bits per heavy atom. The van der Waals surface area contributed by atoms with Crippen LogP contribution in [0.1, 0.15) is 40.0 Å². The molecular weight excluding hydrogens is 408 g/mol. The molecule has 31 heavy (non-hydrogen) atoms. The summed E-state index contributed by atoms with van der Waals surface area (Å²) in [5.41, 5.74) is 6.31. The smallest absolute Gasteiger partial charge is 0.269 e. The number of likely N-dealkylation sites (tertiary alicyclic amines) is 1. The number of carbonyl (C=O) groups is 1. The molecule has 2 N–H and O–H groups in total. The lowest BCUT2D eigenvalue weighted by molar-refractivity contribution is 0.0929. The van der Waals surface area contributed by atoms with Gasteiger partial charge < -0.3 is 5.32 Å². The number of amides is 1. The molecule has 0 atom stereocenters. The summed E-state index contributed by atoms with van der Waals surface area (Å²) in [5.74, 6) is 0.480. The van der Waals surface area contributed by atoms with Crippen LogP contribution in [0, 0.1) is 5.92 Å². The molecule has 0 unspecified atom stereocenters. The van der Waals surface area contributed by atoms with E-state index in [1.54, 1.807) is 0 Å². The standard InChI is InChI=1S/C25H27ClN4O/c26-20-6-3-4-18(14-20)16-30-12-10-17(11-13-30)15-27-25(31)24-22-9-8-19-5-1-2-7-21(19)23(22)28-29-24/h1-7,14,17H,8-13,15-16H2,(H,27,31)(H,28,29). The minimum atomic E-state index is -0.0329. The lowest BCUT2D eigenvalue weighted by Gasteiger charge is -2.32. The van der Waals surface area contributed by atoms with E-state index >= 15 is 0 Å². The van der Waals surface area contributed by atoms with E-state index in [9.17, 15) is 4.79 Å². The number of carbonyl (C=O) groups excluding carboxylic acids is 1. The summed E-state index contributed by atoms with van der Waals surface area (Å²) in [5, 5.41) is 11.4. The molecule has 3 aromatic rings. The third kappa shape index (κ3) is 4.39. The van der Waals surface area contributed by atoms with Crippen molar-refractivity contribution in [1.82, 2.24) is 20.4 Å². The Bertz CT molecular complexity index is 1080. The van der Waals surface area contributed by atoms with Gasteiger partial charge in [-0.3, -0.25) is 14.8 Å². The third-order valence-electron chi connectivity index (χ3n) is 6.56. The van der Waals surface area contributed by atoms with Gasteiger partial charge in [0.2, 0.25) is 0 Å². The summed E-state index contributed by atoms with van der Waals surface area (Å²) in [6, 6.07) is 16.4. The van der Waals surface area contributed by atoms with Crippen LogP contribution in [0.15, 0.2) is 48.5 Å². The number of benzene rings is 2. The van der Waals surface area contributed by atoms with E-state index in [0.717, 1.165) is 67.2 Å². The topological polar surface area (TPSA) is 61.0 Å². The van der Waals surface area contributed by atoms with Crippen LogP contribution in [0.25, 0.3) is 11.3 Å². The predicted octanol–water partition coefficient (Wildman–Crippen LogP) is 4.47. The van der Waals surface area contributed by atoms with Crippen molar-refractivity contribution in [2.45, 2.75) is 32.2 Å². The van der Waals surface area contributed by atoms with Crippen LogP contribution in [-0.4, -0.2) is 40.6 Å². The number of aromatic nitrogens is 2. The predicted molar refractivity (Wildman–Crippen MR) is 123 cm³/mol. The lowest BCUT2D eigenvalue weighted by atomic mass is 9.89. The monoisotopic (exact) mass is 434 g/mol. The van der Waals surface area contributed by atoms with Gasteiger partial charge in [0.1, 0.15) is 5.69 Å². The maximum atomic E-state index is 12.9. The Balaban J connectivity index is 1.14. The van der Waals surface area contributed by atoms with Crippen LogP contribution in [-0.2, 0) is 19.4 Å². The Hall–Kier alpha value is -2.63. The van der Waals surface area contributed by atoms with Crippen molar-refractivity contribution in [3.05, 3.63) is 75.9 Å². The van der Waals surface area contributed by atoms with E-state index in [0.29, 0.717) is 18.2 Å². The summed E-state index contributed by atoms with van der Waals surface area (Å²) < 4.78 is 0. The van der Waals surface area contributed by atoms with E-state index in [2.05, 4.69) is 44.7 Å². The molecular formula is C25H27ClN4O. The van der Waals surface area contributed by atoms with E-state index in [1.165, 1.54) is 11.1 Å². The van der Waals surface area contributed by atoms with Gasteiger partial charge in [0.05, 0.1) is 5.69 Å². The first-order valence-corrected chi connectivity index (χ1v) is 11.5. The van der Waals surface area contributed by atoms with Gasteiger partial charge in [0.15, 0.2) is 0 Å². The molecule has 1 aliphatic heterocycles. The summed E-state index contributed by atoms with van der Waals surface area (Å²) >= 11 is 6.10. The molecule has 0 saturated carbocycles. The Labute approximate surface area is 187 Å². The second-order valence-electron chi connectivity index (χ2n) is 8.64. The molecule has 2 aromatic carbocycles. The maximum absolute atomic E-state index is 12.9. The molecule has 0 radical (unpaired) electrons. The van der Waals surface area contributed by atoms with Crippen LogP contribution in [0.3, 0.4) is 0 Å². The van der Waals surface area contributed by atoms with Gasteiger partial charge in [-0.05, 0) is 68.0 Å². The van der Waals surface area contributed by atoms with Gasteiger partial charge >= 0.3 is 0 Å². The van der Waals surface area contributed by atoms with Gasteiger partial charge in [-0.15, -0.1) is 0 Å². The Morgan fingerprint density at radius 3 is 2.81 bits per heavy atom. The number of halogens is 1. The molecule has 1 saturated heterocycles. The van der Waals surface area contributed by atoms with E-state index < -0.39 is 0 Å². The second kappa shape index (κ2) is 8.85. The first kappa shape index (κ1) is 20.3. The normalized spacial score (nSPS) is 16.5. The van der Waals surface area contributed by atoms with Crippen LogP contribution < -0.4 is 5.32 Å². The number of aryl methyl sites for hydroxylation is 1. The number of aromatic amines is 1. The summed E-state index contributed by atoms with van der Waals surface area (Å²) in [4.78, 5) is 15.3. The number of nitrogens with zero attached hydrogens (tertiary/aromatic N) is 2. The van der Waals surface area contributed by atoms with Crippen molar-refractivity contribution >= 4 is 17.5 Å². The van der Waals surface area contributed by atoms with Crippen molar-refractivity contribution in [3.63, 3.8) is 0 Å². The summed E-state index contributed by atoms with van der Waals surface area (Å²) in [6.07, 6.45) is 3.99. The number of piperidine rings is 1. The molecule has 2 heterocycles. The Morgan fingerprint density at radius 1 is 1.13 bits per heavy atom.